The van der Waals surface area contributed by atoms with Gasteiger partial charge in [-0.25, -0.2) is 4.98 Å². The summed E-state index contributed by atoms with van der Waals surface area (Å²) in [5.41, 5.74) is 1.16. The summed E-state index contributed by atoms with van der Waals surface area (Å²) in [7, 11) is 0. The number of para-hydroxylation sites is 1. The van der Waals surface area contributed by atoms with Crippen molar-refractivity contribution >= 4 is 5.69 Å². The van der Waals surface area contributed by atoms with Gasteiger partial charge in [0.25, 0.3) is 5.69 Å². The minimum Gasteiger partial charge on any atom is -0.439 e. The number of nitro groups is 1. The molecule has 0 spiro atoms. The first-order chi connectivity index (χ1) is 9.65. The van der Waals surface area contributed by atoms with Crippen LogP contribution in [0.4, 0.5) is 5.69 Å². The fourth-order valence-electron chi connectivity index (χ4n) is 2.14. The number of benzene rings is 1. The quantitative estimate of drug-likeness (QED) is 0.669. The predicted molar refractivity (Wildman–Crippen MR) is 73.2 cm³/mol. The molecule has 0 saturated heterocycles. The molecule has 1 aromatic carbocycles. The van der Waals surface area contributed by atoms with Gasteiger partial charge in [-0.1, -0.05) is 12.1 Å². The lowest BCUT2D eigenvalue weighted by molar-refractivity contribution is -0.384. The maximum absolute atomic E-state index is 11.2. The largest absolute Gasteiger partial charge is 0.439 e. The van der Waals surface area contributed by atoms with E-state index in [0.717, 1.165) is 0 Å². The van der Waals surface area contributed by atoms with Gasteiger partial charge in [0.2, 0.25) is 5.89 Å². The minimum atomic E-state index is -0.380. The highest BCUT2D eigenvalue weighted by Gasteiger charge is 2.23. The van der Waals surface area contributed by atoms with E-state index in [4.69, 9.17) is 4.42 Å². The maximum Gasteiger partial charge on any atom is 0.283 e. The molecule has 0 radical (unpaired) electrons. The van der Waals surface area contributed by atoms with Gasteiger partial charge < -0.3 is 9.73 Å². The standard InChI is InChI=1S/C14H15N3O3/c1-9-3-2-4-11(14(9)17(18)19)12-7-16-13(20-12)8-15-10-5-6-10/h2-4,7,10,15H,5-6,8H2,1H3. The first kappa shape index (κ1) is 12.8. The molecular weight excluding hydrogens is 258 g/mol. The number of oxazole rings is 1. The molecule has 1 aliphatic carbocycles. The second kappa shape index (κ2) is 5.05. The Balaban J connectivity index is 1.88. The Morgan fingerprint density at radius 3 is 3.00 bits per heavy atom. The van der Waals surface area contributed by atoms with E-state index >= 15 is 0 Å². The van der Waals surface area contributed by atoms with Gasteiger partial charge in [0.05, 0.1) is 23.2 Å². The van der Waals surface area contributed by atoms with Crippen molar-refractivity contribution in [2.24, 2.45) is 0 Å². The lowest BCUT2D eigenvalue weighted by Crippen LogP contribution is -2.15. The van der Waals surface area contributed by atoms with Crippen molar-refractivity contribution in [3.8, 4) is 11.3 Å². The van der Waals surface area contributed by atoms with E-state index < -0.39 is 0 Å². The molecule has 20 heavy (non-hydrogen) atoms. The Labute approximate surface area is 116 Å². The number of nitrogens with one attached hydrogen (secondary N) is 1. The zero-order valence-corrected chi connectivity index (χ0v) is 11.1. The van der Waals surface area contributed by atoms with Gasteiger partial charge in [0.15, 0.2) is 5.76 Å². The molecule has 1 N–H and O–H groups in total. The zero-order valence-electron chi connectivity index (χ0n) is 11.1. The number of hydrogen-bond acceptors (Lipinski definition) is 5. The summed E-state index contributed by atoms with van der Waals surface area (Å²) in [5, 5.41) is 14.5. The van der Waals surface area contributed by atoms with Crippen LogP contribution in [0.25, 0.3) is 11.3 Å². The predicted octanol–water partition coefficient (Wildman–Crippen LogP) is 2.81. The first-order valence-corrected chi connectivity index (χ1v) is 6.57. The number of rotatable bonds is 5. The van der Waals surface area contributed by atoms with Gasteiger partial charge in [0, 0.05) is 11.6 Å². The SMILES string of the molecule is Cc1cccc(-c2cnc(CNC3CC3)o2)c1[N+](=O)[O-]. The van der Waals surface area contributed by atoms with E-state index in [9.17, 15) is 10.1 Å². The monoisotopic (exact) mass is 273 g/mol. The van der Waals surface area contributed by atoms with Gasteiger partial charge in [0.1, 0.15) is 0 Å². The normalized spacial score (nSPS) is 14.4. The Morgan fingerprint density at radius 1 is 1.50 bits per heavy atom. The number of aromatic nitrogens is 1. The van der Waals surface area contributed by atoms with Crippen molar-refractivity contribution in [3.05, 3.63) is 46.0 Å². The molecule has 2 aromatic rings. The third-order valence-electron chi connectivity index (χ3n) is 3.36. The smallest absolute Gasteiger partial charge is 0.283 e. The lowest BCUT2D eigenvalue weighted by atomic mass is 10.1. The van der Waals surface area contributed by atoms with Crippen LogP contribution < -0.4 is 5.32 Å². The topological polar surface area (TPSA) is 81.2 Å². The third-order valence-corrected chi connectivity index (χ3v) is 3.36. The van der Waals surface area contributed by atoms with Gasteiger partial charge in [-0.15, -0.1) is 0 Å². The Bertz CT molecular complexity index is 647. The van der Waals surface area contributed by atoms with Crippen molar-refractivity contribution in [2.75, 3.05) is 0 Å². The van der Waals surface area contributed by atoms with Gasteiger partial charge in [-0.3, -0.25) is 10.1 Å². The minimum absolute atomic E-state index is 0.0744. The molecule has 1 heterocycles. The lowest BCUT2D eigenvalue weighted by Gasteiger charge is -2.02. The number of nitro benzene ring substituents is 1. The average Bonchev–Trinajstić information content (AvgIpc) is 3.13. The molecule has 1 fully saturated rings. The van der Waals surface area contributed by atoms with E-state index in [-0.39, 0.29) is 10.6 Å². The second-order valence-corrected chi connectivity index (χ2v) is 5.00. The molecular formula is C14H15N3O3. The molecule has 0 unspecified atom stereocenters. The number of aryl methyl sites for hydroxylation is 1. The molecule has 6 nitrogen and oxygen atoms in total. The van der Waals surface area contributed by atoms with Crippen LogP contribution in [0.2, 0.25) is 0 Å². The van der Waals surface area contributed by atoms with Crippen LogP contribution in [0.15, 0.2) is 28.8 Å². The molecule has 1 aromatic heterocycles. The fourth-order valence-corrected chi connectivity index (χ4v) is 2.14. The van der Waals surface area contributed by atoms with Crippen LogP contribution >= 0.6 is 0 Å². The molecule has 6 heteroatoms. The zero-order chi connectivity index (χ0) is 14.1. The Hall–Kier alpha value is -2.21. The summed E-state index contributed by atoms with van der Waals surface area (Å²) < 4.78 is 5.62. The summed E-state index contributed by atoms with van der Waals surface area (Å²) >= 11 is 0. The average molecular weight is 273 g/mol. The molecule has 0 aliphatic heterocycles. The molecule has 1 aliphatic rings. The highest BCUT2D eigenvalue weighted by Crippen LogP contribution is 2.32. The fraction of sp³-hybridized carbons (Fsp3) is 0.357. The van der Waals surface area contributed by atoms with Crippen molar-refractivity contribution in [1.82, 2.24) is 10.3 Å². The summed E-state index contributed by atoms with van der Waals surface area (Å²) in [5.74, 6) is 0.996. The maximum atomic E-state index is 11.2. The van der Waals surface area contributed by atoms with Crippen molar-refractivity contribution in [3.63, 3.8) is 0 Å². The van der Waals surface area contributed by atoms with E-state index in [1.54, 1.807) is 31.3 Å². The van der Waals surface area contributed by atoms with E-state index in [1.807, 2.05) is 0 Å². The van der Waals surface area contributed by atoms with Crippen LogP contribution in [0.1, 0.15) is 24.3 Å². The summed E-state index contributed by atoms with van der Waals surface area (Å²) in [6.45, 7) is 2.28. The Kier molecular flexibility index (Phi) is 3.23. The number of hydrogen-bond donors (Lipinski definition) is 1. The van der Waals surface area contributed by atoms with E-state index in [2.05, 4.69) is 10.3 Å². The molecule has 0 atom stereocenters. The third kappa shape index (κ3) is 2.55. The van der Waals surface area contributed by atoms with E-state index in [1.165, 1.54) is 12.8 Å². The Morgan fingerprint density at radius 2 is 2.30 bits per heavy atom. The van der Waals surface area contributed by atoms with Gasteiger partial charge in [-0.05, 0) is 25.8 Å². The van der Waals surface area contributed by atoms with Crippen LogP contribution in [0.3, 0.4) is 0 Å². The van der Waals surface area contributed by atoms with Crippen molar-refractivity contribution in [2.45, 2.75) is 32.4 Å². The van der Waals surface area contributed by atoms with Crippen molar-refractivity contribution < 1.29 is 9.34 Å². The van der Waals surface area contributed by atoms with Gasteiger partial charge >= 0.3 is 0 Å². The highest BCUT2D eigenvalue weighted by molar-refractivity contribution is 5.71. The first-order valence-electron chi connectivity index (χ1n) is 6.57. The molecule has 104 valence electrons. The van der Waals surface area contributed by atoms with Crippen molar-refractivity contribution in [1.29, 1.82) is 0 Å². The summed E-state index contributed by atoms with van der Waals surface area (Å²) in [4.78, 5) is 15.0. The molecule has 0 bridgehead atoms. The van der Waals surface area contributed by atoms with Gasteiger partial charge in [-0.2, -0.15) is 0 Å². The van der Waals surface area contributed by atoms with Crippen LogP contribution in [-0.2, 0) is 6.54 Å². The molecule has 1 saturated carbocycles. The van der Waals surface area contributed by atoms with Crippen LogP contribution in [0.5, 0.6) is 0 Å². The summed E-state index contributed by atoms with van der Waals surface area (Å²) in [6, 6.07) is 5.75. The van der Waals surface area contributed by atoms with Crippen LogP contribution in [-0.4, -0.2) is 15.9 Å². The number of nitrogens with zero attached hydrogens (tertiary/aromatic N) is 2. The summed E-state index contributed by atoms with van der Waals surface area (Å²) in [6.07, 6.45) is 3.93. The second-order valence-electron chi connectivity index (χ2n) is 5.00. The van der Waals surface area contributed by atoms with E-state index in [0.29, 0.717) is 35.4 Å². The highest BCUT2D eigenvalue weighted by atomic mass is 16.6. The molecule has 3 rings (SSSR count). The molecule has 0 amide bonds. The van der Waals surface area contributed by atoms with Crippen LogP contribution in [0, 0.1) is 17.0 Å².